The van der Waals surface area contributed by atoms with Gasteiger partial charge in [0.05, 0.1) is 22.9 Å². The van der Waals surface area contributed by atoms with E-state index in [0.717, 1.165) is 31.2 Å². The Bertz CT molecular complexity index is 1000. The molecule has 0 spiro atoms. The third-order valence-corrected chi connectivity index (χ3v) is 7.02. The highest BCUT2D eigenvalue weighted by atomic mass is 35.5. The number of fused-ring (bicyclic) bond motifs is 1. The lowest BCUT2D eigenvalue weighted by Gasteiger charge is -2.13. The Labute approximate surface area is 198 Å². The highest BCUT2D eigenvalue weighted by Gasteiger charge is 2.38. The van der Waals surface area contributed by atoms with Crippen LogP contribution in [-0.2, 0) is 30.3 Å². The van der Waals surface area contributed by atoms with E-state index in [0.29, 0.717) is 35.2 Å². The van der Waals surface area contributed by atoms with Gasteiger partial charge in [0.15, 0.2) is 10.8 Å². The number of carbonyl (C=O) groups excluding carboxylic acids is 1. The molecule has 0 aliphatic heterocycles. The van der Waals surface area contributed by atoms with E-state index in [1.54, 1.807) is 6.92 Å². The Morgan fingerprint density at radius 3 is 2.72 bits per heavy atom. The van der Waals surface area contributed by atoms with Gasteiger partial charge in [0.1, 0.15) is 5.00 Å². The monoisotopic (exact) mass is 508 g/mol. The molecule has 12 heteroatoms. The lowest BCUT2D eigenvalue weighted by atomic mass is 9.95. The van der Waals surface area contributed by atoms with Gasteiger partial charge in [-0.2, -0.15) is 18.3 Å². The molecular weight excluding hydrogens is 485 g/mol. The molecule has 0 saturated carbocycles. The van der Waals surface area contributed by atoms with Crippen molar-refractivity contribution < 1.29 is 22.7 Å². The van der Waals surface area contributed by atoms with Crippen LogP contribution in [0.15, 0.2) is 0 Å². The SMILES string of the molecule is CCOC(=O)c1c(NC(=S)NCCCn2nc(C(F)(F)F)c(Cl)c2C)sc2c1CCCC2. The van der Waals surface area contributed by atoms with Crippen LogP contribution in [-0.4, -0.2) is 34.0 Å². The molecule has 6 nitrogen and oxygen atoms in total. The summed E-state index contributed by atoms with van der Waals surface area (Å²) in [6.45, 7) is 4.21. The standard InChI is InChI=1S/C20H24ClF3N4O2S2/c1-3-30-18(29)14-12-7-4-5-8-13(12)32-17(14)26-19(31)25-9-6-10-28-11(2)15(21)16(27-28)20(22,23)24/h3-10H2,1-2H3,(H2,25,26,31). The van der Waals surface area contributed by atoms with Crippen LogP contribution >= 0.6 is 35.2 Å². The van der Waals surface area contributed by atoms with Crippen molar-refractivity contribution in [3.8, 4) is 0 Å². The molecule has 1 aliphatic rings. The van der Waals surface area contributed by atoms with Gasteiger partial charge >= 0.3 is 12.1 Å². The lowest BCUT2D eigenvalue weighted by Crippen LogP contribution is -2.30. The van der Waals surface area contributed by atoms with Crippen molar-refractivity contribution in [2.45, 2.75) is 58.7 Å². The number of nitrogens with one attached hydrogen (secondary N) is 2. The summed E-state index contributed by atoms with van der Waals surface area (Å²) in [7, 11) is 0. The predicted molar refractivity (Wildman–Crippen MR) is 123 cm³/mol. The van der Waals surface area contributed by atoms with Gasteiger partial charge in [0.2, 0.25) is 0 Å². The predicted octanol–water partition coefficient (Wildman–Crippen LogP) is 5.36. The molecule has 0 saturated heterocycles. The Hall–Kier alpha value is -1.85. The fourth-order valence-electron chi connectivity index (χ4n) is 3.57. The van der Waals surface area contributed by atoms with Gasteiger partial charge in [-0.05, 0) is 63.7 Å². The first-order valence-electron chi connectivity index (χ1n) is 10.3. The number of hydrogen-bond donors (Lipinski definition) is 2. The molecule has 2 aromatic heterocycles. The van der Waals surface area contributed by atoms with Crippen LogP contribution < -0.4 is 10.6 Å². The quantitative estimate of drug-likeness (QED) is 0.298. The van der Waals surface area contributed by atoms with Gasteiger partial charge in [-0.1, -0.05) is 11.6 Å². The zero-order valence-electron chi connectivity index (χ0n) is 17.7. The molecule has 0 unspecified atom stereocenters. The van der Waals surface area contributed by atoms with Gasteiger partial charge < -0.3 is 15.4 Å². The van der Waals surface area contributed by atoms with Crippen molar-refractivity contribution in [3.63, 3.8) is 0 Å². The number of carbonyl (C=O) groups is 1. The number of anilines is 1. The molecule has 0 atom stereocenters. The molecule has 176 valence electrons. The molecule has 0 bridgehead atoms. The van der Waals surface area contributed by atoms with Crippen molar-refractivity contribution in [2.75, 3.05) is 18.5 Å². The molecule has 2 N–H and O–H groups in total. The lowest BCUT2D eigenvalue weighted by molar-refractivity contribution is -0.141. The number of alkyl halides is 3. The average Bonchev–Trinajstić information content (AvgIpc) is 3.23. The number of aromatic nitrogens is 2. The zero-order chi connectivity index (χ0) is 23.5. The Kier molecular flexibility index (Phi) is 8.05. The minimum Gasteiger partial charge on any atom is -0.462 e. The van der Waals surface area contributed by atoms with E-state index >= 15 is 0 Å². The van der Waals surface area contributed by atoms with Crippen LogP contribution in [0.2, 0.25) is 5.02 Å². The van der Waals surface area contributed by atoms with Crippen molar-refractivity contribution in [3.05, 3.63) is 32.4 Å². The summed E-state index contributed by atoms with van der Waals surface area (Å²) in [5.74, 6) is -0.358. The second kappa shape index (κ2) is 10.4. The van der Waals surface area contributed by atoms with Crippen molar-refractivity contribution in [1.82, 2.24) is 15.1 Å². The number of rotatable bonds is 7. The number of thiocarbonyl (C=S) groups is 1. The minimum absolute atomic E-state index is 0.249. The largest absolute Gasteiger partial charge is 0.462 e. The normalized spacial score (nSPS) is 13.6. The molecule has 1 aliphatic carbocycles. The molecule has 32 heavy (non-hydrogen) atoms. The number of thiophene rings is 1. The molecule has 3 rings (SSSR count). The van der Waals surface area contributed by atoms with Gasteiger partial charge in [-0.25, -0.2) is 4.79 Å². The third kappa shape index (κ3) is 5.55. The fraction of sp³-hybridized carbons (Fsp3) is 0.550. The van der Waals surface area contributed by atoms with Crippen molar-refractivity contribution >= 4 is 51.2 Å². The summed E-state index contributed by atoms with van der Waals surface area (Å²) in [5.41, 5.74) is 0.784. The number of ether oxygens (including phenoxy) is 1. The maximum Gasteiger partial charge on any atom is 0.436 e. The molecule has 2 aromatic rings. The van der Waals surface area contributed by atoms with Crippen molar-refractivity contribution in [1.29, 1.82) is 0 Å². The highest BCUT2D eigenvalue weighted by molar-refractivity contribution is 7.80. The Morgan fingerprint density at radius 1 is 1.34 bits per heavy atom. The van der Waals surface area contributed by atoms with Crippen LogP contribution in [0, 0.1) is 6.92 Å². The summed E-state index contributed by atoms with van der Waals surface area (Å²) in [5, 5.41) is 10.3. The maximum absolute atomic E-state index is 12.9. The van der Waals surface area contributed by atoms with Crippen LogP contribution in [0.4, 0.5) is 18.2 Å². The minimum atomic E-state index is -4.59. The Balaban J connectivity index is 1.58. The second-order valence-electron chi connectivity index (χ2n) is 7.34. The van der Waals surface area contributed by atoms with E-state index in [4.69, 9.17) is 28.6 Å². The molecule has 0 radical (unpaired) electrons. The average molecular weight is 509 g/mol. The number of nitrogens with zero attached hydrogens (tertiary/aromatic N) is 2. The van der Waals surface area contributed by atoms with E-state index in [9.17, 15) is 18.0 Å². The van der Waals surface area contributed by atoms with Crippen LogP contribution in [0.1, 0.15) is 58.4 Å². The molecule has 0 amide bonds. The number of halogens is 4. The Morgan fingerprint density at radius 2 is 2.06 bits per heavy atom. The van der Waals surface area contributed by atoms with Crippen LogP contribution in [0.5, 0.6) is 0 Å². The number of hydrogen-bond acceptors (Lipinski definition) is 5. The van der Waals surface area contributed by atoms with Gasteiger partial charge in [0.25, 0.3) is 0 Å². The maximum atomic E-state index is 12.9. The van der Waals surface area contributed by atoms with E-state index in [1.807, 2.05) is 0 Å². The summed E-state index contributed by atoms with van der Waals surface area (Å²) < 4.78 is 45.3. The number of aryl methyl sites for hydroxylation is 2. The molecule has 2 heterocycles. The first-order valence-corrected chi connectivity index (χ1v) is 11.9. The zero-order valence-corrected chi connectivity index (χ0v) is 20.1. The van der Waals surface area contributed by atoms with Gasteiger partial charge in [-0.3, -0.25) is 4.68 Å². The number of esters is 1. The first-order chi connectivity index (χ1) is 15.1. The van der Waals surface area contributed by atoms with Crippen molar-refractivity contribution in [2.24, 2.45) is 0 Å². The summed E-state index contributed by atoms with van der Waals surface area (Å²) in [6, 6.07) is 0. The second-order valence-corrected chi connectivity index (χ2v) is 9.23. The van der Waals surface area contributed by atoms with Gasteiger partial charge in [0, 0.05) is 18.0 Å². The molecule has 0 fully saturated rings. The van der Waals surface area contributed by atoms with E-state index in [2.05, 4.69) is 15.7 Å². The topological polar surface area (TPSA) is 68.2 Å². The first kappa shape index (κ1) is 24.8. The van der Waals surface area contributed by atoms with Gasteiger partial charge in [-0.15, -0.1) is 11.3 Å². The van der Waals surface area contributed by atoms with E-state index in [1.165, 1.54) is 27.8 Å². The smallest absolute Gasteiger partial charge is 0.436 e. The molecular formula is C20H24ClF3N4O2S2. The summed E-state index contributed by atoms with van der Waals surface area (Å²) in [6.07, 6.45) is -0.222. The van der Waals surface area contributed by atoms with Crippen LogP contribution in [0.25, 0.3) is 0 Å². The highest BCUT2D eigenvalue weighted by Crippen LogP contribution is 2.38. The van der Waals surface area contributed by atoms with E-state index < -0.39 is 11.9 Å². The van der Waals surface area contributed by atoms with Crippen LogP contribution in [0.3, 0.4) is 0 Å². The summed E-state index contributed by atoms with van der Waals surface area (Å²) >= 11 is 12.6. The third-order valence-electron chi connectivity index (χ3n) is 5.11. The fourth-order valence-corrected chi connectivity index (χ4v) is 5.37. The molecule has 0 aromatic carbocycles. The van der Waals surface area contributed by atoms with E-state index in [-0.39, 0.29) is 23.2 Å². The summed E-state index contributed by atoms with van der Waals surface area (Å²) in [4.78, 5) is 13.7.